The number of hydrogen-bond acceptors (Lipinski definition) is 10. The zero-order valence-electron chi connectivity index (χ0n) is 33.8. The fourth-order valence-electron chi connectivity index (χ4n) is 7.25. The maximum Gasteiger partial charge on any atom is 0.269 e. The Bertz CT molecular complexity index is 2800. The van der Waals surface area contributed by atoms with Gasteiger partial charge >= 0.3 is 0 Å². The van der Waals surface area contributed by atoms with Gasteiger partial charge in [0.25, 0.3) is 5.91 Å². The molecule has 5 amide bonds. The highest BCUT2D eigenvalue weighted by atomic mass is 35.5. The van der Waals surface area contributed by atoms with Crippen molar-refractivity contribution in [2.75, 3.05) is 6.61 Å². The third-order valence-corrected chi connectivity index (χ3v) is 11.2. The average molecular weight is 920 g/mol. The Kier molecular flexibility index (Phi) is 13.9. The van der Waals surface area contributed by atoms with E-state index in [9.17, 15) is 38.6 Å². The number of hydrogen-bond donors (Lipinski definition) is 8. The molecule has 10 N–H and O–H groups in total. The summed E-state index contributed by atoms with van der Waals surface area (Å²) in [5.41, 5.74) is 13.0. The Labute approximate surface area is 373 Å². The molecule has 21 heteroatoms. The van der Waals surface area contributed by atoms with Gasteiger partial charge in [0.05, 0.1) is 27.7 Å². The summed E-state index contributed by atoms with van der Waals surface area (Å²) < 4.78 is 32.5. The molecule has 1 fully saturated rings. The molecule has 334 valence electrons. The van der Waals surface area contributed by atoms with E-state index in [-0.39, 0.29) is 57.1 Å². The molecule has 4 aromatic carbocycles. The van der Waals surface area contributed by atoms with Crippen molar-refractivity contribution in [3.8, 4) is 11.1 Å². The first-order chi connectivity index (χ1) is 30.6. The number of benzene rings is 4. The molecule has 0 aliphatic heterocycles. The molecular weight excluding hydrogens is 877 g/mol. The lowest BCUT2D eigenvalue weighted by Crippen LogP contribution is -2.49. The second-order valence-electron chi connectivity index (χ2n) is 15.3. The molecule has 0 bridgehead atoms. The molecule has 0 saturated heterocycles. The summed E-state index contributed by atoms with van der Waals surface area (Å²) in [5, 5.41) is 39.2. The first-order valence-corrected chi connectivity index (χ1v) is 20.7. The first-order valence-electron chi connectivity index (χ1n) is 20.0. The van der Waals surface area contributed by atoms with Crippen LogP contribution in [0.4, 0.5) is 8.78 Å². The van der Waals surface area contributed by atoms with Gasteiger partial charge in [-0.05, 0) is 59.9 Å². The molecule has 3 atom stereocenters. The largest absolute Gasteiger partial charge is 0.394 e. The molecule has 0 radical (unpaired) electrons. The van der Waals surface area contributed by atoms with Crippen LogP contribution in [0.3, 0.4) is 0 Å². The van der Waals surface area contributed by atoms with Crippen LogP contribution >= 0.6 is 23.2 Å². The van der Waals surface area contributed by atoms with Gasteiger partial charge in [0, 0.05) is 35.0 Å². The van der Waals surface area contributed by atoms with Crippen LogP contribution in [0.1, 0.15) is 52.8 Å². The Balaban J connectivity index is 1.04. The molecule has 1 aliphatic carbocycles. The van der Waals surface area contributed by atoms with Gasteiger partial charge in [0.2, 0.25) is 23.6 Å². The summed E-state index contributed by atoms with van der Waals surface area (Å²) >= 11 is 12.2. The number of carbonyl (C=O) groups excluding carboxylic acids is 5. The number of rotatable bonds is 18. The van der Waals surface area contributed by atoms with Gasteiger partial charge in [-0.2, -0.15) is 10.2 Å². The smallest absolute Gasteiger partial charge is 0.269 e. The SMILES string of the molecule is NC(=O)c1nn(CC(=O)N[C@@H](CC2CC2)C(=O)NCc2cccc(Cl)c2F)c2cc(-c3cc(Cl)c(F)c(CNC(=O)[C@H](CO)NC(=O)Cn4nc(C(N)O)c5ccccc54)c3)ccc12. The highest BCUT2D eigenvalue weighted by Gasteiger charge is 2.31. The zero-order valence-corrected chi connectivity index (χ0v) is 35.3. The van der Waals surface area contributed by atoms with Gasteiger partial charge < -0.3 is 42.9 Å². The normalized spacial score (nSPS) is 13.9. The number of nitrogens with two attached hydrogens (primary N) is 2. The molecule has 0 spiro atoms. The highest BCUT2D eigenvalue weighted by molar-refractivity contribution is 6.31. The first kappa shape index (κ1) is 45.5. The van der Waals surface area contributed by atoms with E-state index in [1.807, 2.05) is 0 Å². The van der Waals surface area contributed by atoms with Crippen molar-refractivity contribution in [2.24, 2.45) is 17.4 Å². The van der Waals surface area contributed by atoms with Gasteiger partial charge in [-0.15, -0.1) is 0 Å². The fourth-order valence-corrected chi connectivity index (χ4v) is 7.68. The van der Waals surface area contributed by atoms with Crippen molar-refractivity contribution in [1.82, 2.24) is 40.8 Å². The zero-order chi connectivity index (χ0) is 45.8. The minimum absolute atomic E-state index is 0.0568. The van der Waals surface area contributed by atoms with E-state index in [1.54, 1.807) is 48.5 Å². The molecule has 6 aromatic rings. The van der Waals surface area contributed by atoms with Crippen molar-refractivity contribution in [3.05, 3.63) is 117 Å². The predicted octanol–water partition coefficient (Wildman–Crippen LogP) is 3.08. The Morgan fingerprint density at radius 3 is 2.06 bits per heavy atom. The summed E-state index contributed by atoms with van der Waals surface area (Å²) in [4.78, 5) is 65.4. The molecule has 1 saturated carbocycles. The van der Waals surface area contributed by atoms with Gasteiger partial charge in [-0.1, -0.05) is 72.4 Å². The van der Waals surface area contributed by atoms with E-state index >= 15 is 4.39 Å². The lowest BCUT2D eigenvalue weighted by Gasteiger charge is -2.19. The van der Waals surface area contributed by atoms with E-state index in [2.05, 4.69) is 31.5 Å². The second kappa shape index (κ2) is 19.5. The number of nitrogens with one attached hydrogen (secondary N) is 4. The van der Waals surface area contributed by atoms with Crippen LogP contribution in [-0.2, 0) is 45.4 Å². The summed E-state index contributed by atoms with van der Waals surface area (Å²) in [6, 6.07) is 16.3. The third-order valence-electron chi connectivity index (χ3n) is 10.7. The van der Waals surface area contributed by atoms with Crippen LogP contribution < -0.4 is 32.7 Å². The number of aliphatic hydroxyl groups is 2. The van der Waals surface area contributed by atoms with Crippen molar-refractivity contribution in [3.63, 3.8) is 0 Å². The van der Waals surface area contributed by atoms with Crippen molar-refractivity contribution in [1.29, 1.82) is 0 Å². The van der Waals surface area contributed by atoms with Crippen LogP contribution in [0, 0.1) is 17.6 Å². The lowest BCUT2D eigenvalue weighted by molar-refractivity contribution is -0.130. The molecule has 1 aliphatic rings. The molecule has 1 unspecified atom stereocenters. The quantitative estimate of drug-likeness (QED) is 0.0585. The van der Waals surface area contributed by atoms with Crippen LogP contribution in [-0.4, -0.2) is 78.0 Å². The van der Waals surface area contributed by atoms with Gasteiger partial charge in [0.15, 0.2) is 5.69 Å². The summed E-state index contributed by atoms with van der Waals surface area (Å²) in [7, 11) is 0. The van der Waals surface area contributed by atoms with Gasteiger partial charge in [0.1, 0.15) is 48.7 Å². The van der Waals surface area contributed by atoms with Gasteiger partial charge in [-0.25, -0.2) is 8.78 Å². The van der Waals surface area contributed by atoms with Crippen molar-refractivity contribution < 1.29 is 43.0 Å². The van der Waals surface area contributed by atoms with Crippen LogP contribution in [0.15, 0.2) is 72.8 Å². The van der Waals surface area contributed by atoms with E-state index in [1.165, 1.54) is 33.6 Å². The standard InChI is InChI=1S/C43H42Cl2F2N10O7/c44-28-6-3-4-23(36(28)46)16-50-42(63)30(12-21-8-9-21)52-34(59)19-57-33-15-22(10-11-27(33)39(55-57)41(49)62)24-13-25(37(47)29(45)14-24)17-51-43(64)31(20-58)53-35(60)18-56-32-7-2-1-5-26(32)38(54-56)40(48)61/h1-7,10-11,13-15,21,30-31,40,58,61H,8-9,12,16-20,48H2,(H2,49,62)(H,50,63)(H,51,64)(H,52,59)(H,53,60)/t30-,31-,40?/m0/s1. The number of primary amides is 1. The number of amides is 5. The van der Waals surface area contributed by atoms with Crippen LogP contribution in [0.5, 0.6) is 0 Å². The maximum absolute atomic E-state index is 15.4. The Hall–Kier alpha value is -6.51. The number of halogens is 4. The predicted molar refractivity (Wildman–Crippen MR) is 231 cm³/mol. The molecule has 2 aromatic heterocycles. The van der Waals surface area contributed by atoms with E-state index < -0.39 is 79.2 Å². The van der Waals surface area contributed by atoms with E-state index in [0.717, 1.165) is 12.8 Å². The van der Waals surface area contributed by atoms with Crippen molar-refractivity contribution >= 4 is 74.5 Å². The number of aliphatic hydroxyl groups excluding tert-OH is 2. The van der Waals surface area contributed by atoms with Crippen molar-refractivity contribution in [2.45, 2.75) is 63.8 Å². The Morgan fingerprint density at radius 1 is 0.750 bits per heavy atom. The number of fused-ring (bicyclic) bond motifs is 2. The number of carbonyl (C=O) groups is 5. The van der Waals surface area contributed by atoms with Crippen LogP contribution in [0.2, 0.25) is 10.0 Å². The second-order valence-corrected chi connectivity index (χ2v) is 16.1. The molecule has 2 heterocycles. The molecule has 7 rings (SSSR count). The summed E-state index contributed by atoms with van der Waals surface area (Å²) in [6.07, 6.45) is 0.714. The minimum atomic E-state index is -1.44. The van der Waals surface area contributed by atoms with E-state index in [0.29, 0.717) is 33.8 Å². The molecule has 17 nitrogen and oxygen atoms in total. The van der Waals surface area contributed by atoms with E-state index in [4.69, 9.17) is 34.7 Å². The fraction of sp³-hybridized carbons (Fsp3) is 0.279. The number of nitrogens with zero attached hydrogens (tertiary/aromatic N) is 4. The molecule has 64 heavy (non-hydrogen) atoms. The highest BCUT2D eigenvalue weighted by Crippen LogP contribution is 2.34. The summed E-state index contributed by atoms with van der Waals surface area (Å²) in [5.74, 6) is -4.84. The topological polar surface area (TPSA) is 262 Å². The number of aromatic nitrogens is 4. The number of para-hydroxylation sites is 1. The Morgan fingerprint density at radius 2 is 1.39 bits per heavy atom. The minimum Gasteiger partial charge on any atom is -0.394 e. The third kappa shape index (κ3) is 10.3. The van der Waals surface area contributed by atoms with Crippen LogP contribution in [0.25, 0.3) is 32.9 Å². The lowest BCUT2D eigenvalue weighted by atomic mass is 10.0. The molecular formula is C43H42Cl2F2N10O7. The van der Waals surface area contributed by atoms with Gasteiger partial charge in [-0.3, -0.25) is 33.3 Å². The summed E-state index contributed by atoms with van der Waals surface area (Å²) in [6.45, 7) is -2.19. The average Bonchev–Trinajstić information content (AvgIpc) is 3.91. The maximum atomic E-state index is 15.4. The monoisotopic (exact) mass is 918 g/mol.